The van der Waals surface area contributed by atoms with Crippen LogP contribution in [-0.4, -0.2) is 43.0 Å². The Labute approximate surface area is 124 Å². The molecule has 0 aromatic rings. The van der Waals surface area contributed by atoms with Crippen LogP contribution < -0.4 is 11.1 Å². The maximum absolute atomic E-state index is 11.8. The van der Waals surface area contributed by atoms with Crippen LogP contribution in [0.2, 0.25) is 0 Å². The summed E-state index contributed by atoms with van der Waals surface area (Å²) < 4.78 is 0. The Kier molecular flexibility index (Phi) is 8.86. The molecular formula is C16H33N3O. The maximum Gasteiger partial charge on any atom is 0.220 e. The van der Waals surface area contributed by atoms with Crippen molar-refractivity contribution in [3.05, 3.63) is 0 Å². The Morgan fingerprint density at radius 1 is 1.35 bits per heavy atom. The van der Waals surface area contributed by atoms with Gasteiger partial charge in [-0.05, 0) is 51.6 Å². The van der Waals surface area contributed by atoms with Crippen LogP contribution in [0.4, 0.5) is 0 Å². The predicted octanol–water partition coefficient (Wildman–Crippen LogP) is 2.13. The van der Waals surface area contributed by atoms with Crippen LogP contribution in [0.3, 0.4) is 0 Å². The van der Waals surface area contributed by atoms with E-state index in [9.17, 15) is 4.79 Å². The van der Waals surface area contributed by atoms with Gasteiger partial charge in [0, 0.05) is 25.6 Å². The maximum atomic E-state index is 11.8. The van der Waals surface area contributed by atoms with Gasteiger partial charge >= 0.3 is 0 Å². The molecule has 118 valence electrons. The molecule has 0 radical (unpaired) electrons. The van der Waals surface area contributed by atoms with E-state index in [2.05, 4.69) is 24.1 Å². The van der Waals surface area contributed by atoms with Crippen LogP contribution in [0, 0.1) is 5.92 Å². The standard InChI is InChI=1S/C16H33N3O/c1-14-8-7-11-19(13-14)15(2)12-18-16(20)9-5-3-4-6-10-17/h14-15H,3-13,17H2,1-2H3,(H,18,20). The number of carbonyl (C=O) groups excluding carboxylic acids is 1. The molecular weight excluding hydrogens is 250 g/mol. The van der Waals surface area contributed by atoms with Gasteiger partial charge in [0.05, 0.1) is 0 Å². The van der Waals surface area contributed by atoms with Gasteiger partial charge in [0.25, 0.3) is 0 Å². The van der Waals surface area contributed by atoms with E-state index >= 15 is 0 Å². The van der Waals surface area contributed by atoms with Crippen molar-refractivity contribution >= 4 is 5.91 Å². The first-order valence-corrected chi connectivity index (χ1v) is 8.34. The highest BCUT2D eigenvalue weighted by Crippen LogP contribution is 2.17. The minimum absolute atomic E-state index is 0.203. The SMILES string of the molecule is CC1CCCN(C(C)CNC(=O)CCCCCCN)C1. The molecule has 4 nitrogen and oxygen atoms in total. The van der Waals surface area contributed by atoms with Gasteiger partial charge in [-0.3, -0.25) is 9.69 Å². The zero-order valence-electron chi connectivity index (χ0n) is 13.4. The first-order chi connectivity index (χ1) is 9.63. The highest BCUT2D eigenvalue weighted by molar-refractivity contribution is 5.75. The molecule has 1 rings (SSSR count). The average molecular weight is 283 g/mol. The lowest BCUT2D eigenvalue weighted by molar-refractivity contribution is -0.121. The number of nitrogens with two attached hydrogens (primary N) is 1. The summed E-state index contributed by atoms with van der Waals surface area (Å²) in [6.45, 7) is 8.45. The van der Waals surface area contributed by atoms with Crippen molar-refractivity contribution in [2.75, 3.05) is 26.2 Å². The molecule has 1 fully saturated rings. The van der Waals surface area contributed by atoms with Crippen LogP contribution >= 0.6 is 0 Å². The minimum atomic E-state index is 0.203. The van der Waals surface area contributed by atoms with E-state index in [0.29, 0.717) is 12.5 Å². The first kappa shape index (κ1) is 17.4. The van der Waals surface area contributed by atoms with Crippen LogP contribution in [0.25, 0.3) is 0 Å². The number of hydrogen-bond acceptors (Lipinski definition) is 3. The van der Waals surface area contributed by atoms with Crippen molar-refractivity contribution in [2.45, 2.75) is 64.8 Å². The molecule has 1 aliphatic heterocycles. The topological polar surface area (TPSA) is 58.4 Å². The number of nitrogens with one attached hydrogen (secondary N) is 1. The van der Waals surface area contributed by atoms with Crippen molar-refractivity contribution in [2.24, 2.45) is 11.7 Å². The van der Waals surface area contributed by atoms with Crippen LogP contribution in [0.15, 0.2) is 0 Å². The molecule has 1 heterocycles. The summed E-state index contributed by atoms with van der Waals surface area (Å²) in [6, 6.07) is 0.457. The Morgan fingerprint density at radius 2 is 2.10 bits per heavy atom. The van der Waals surface area contributed by atoms with Gasteiger partial charge in [-0.15, -0.1) is 0 Å². The summed E-state index contributed by atoms with van der Waals surface area (Å²) in [6.07, 6.45) is 7.62. The summed E-state index contributed by atoms with van der Waals surface area (Å²) in [4.78, 5) is 14.3. The molecule has 1 amide bonds. The third kappa shape index (κ3) is 7.25. The van der Waals surface area contributed by atoms with E-state index in [0.717, 1.165) is 44.7 Å². The van der Waals surface area contributed by atoms with Gasteiger partial charge < -0.3 is 11.1 Å². The van der Waals surface area contributed by atoms with Gasteiger partial charge in [-0.25, -0.2) is 0 Å². The molecule has 0 aromatic carbocycles. The van der Waals surface area contributed by atoms with Gasteiger partial charge in [0.1, 0.15) is 0 Å². The van der Waals surface area contributed by atoms with Gasteiger partial charge in [-0.2, -0.15) is 0 Å². The molecule has 0 aromatic heterocycles. The first-order valence-electron chi connectivity index (χ1n) is 8.34. The number of nitrogens with zero attached hydrogens (tertiary/aromatic N) is 1. The number of carbonyl (C=O) groups is 1. The largest absolute Gasteiger partial charge is 0.355 e. The van der Waals surface area contributed by atoms with Crippen molar-refractivity contribution in [1.82, 2.24) is 10.2 Å². The predicted molar refractivity (Wildman–Crippen MR) is 84.6 cm³/mol. The molecule has 2 unspecified atom stereocenters. The molecule has 0 saturated carbocycles. The highest BCUT2D eigenvalue weighted by atomic mass is 16.1. The lowest BCUT2D eigenvalue weighted by atomic mass is 9.99. The van der Waals surface area contributed by atoms with E-state index in [1.807, 2.05) is 0 Å². The molecule has 0 spiro atoms. The van der Waals surface area contributed by atoms with Gasteiger partial charge in [0.15, 0.2) is 0 Å². The zero-order valence-corrected chi connectivity index (χ0v) is 13.4. The lowest BCUT2D eigenvalue weighted by Gasteiger charge is -2.35. The number of likely N-dealkylation sites (tertiary alicyclic amines) is 1. The number of rotatable bonds is 9. The molecule has 3 N–H and O–H groups in total. The fourth-order valence-electron chi connectivity index (χ4n) is 2.89. The fourth-order valence-corrected chi connectivity index (χ4v) is 2.89. The summed E-state index contributed by atoms with van der Waals surface area (Å²) in [5.74, 6) is 0.999. The second-order valence-electron chi connectivity index (χ2n) is 6.35. The van der Waals surface area contributed by atoms with Crippen molar-refractivity contribution in [1.29, 1.82) is 0 Å². The molecule has 0 bridgehead atoms. The summed E-state index contributed by atoms with van der Waals surface area (Å²) in [7, 11) is 0. The molecule has 2 atom stereocenters. The minimum Gasteiger partial charge on any atom is -0.355 e. The Balaban J connectivity index is 2.07. The quantitative estimate of drug-likeness (QED) is 0.637. The fraction of sp³-hybridized carbons (Fsp3) is 0.938. The Morgan fingerprint density at radius 3 is 2.80 bits per heavy atom. The molecule has 1 saturated heterocycles. The molecule has 20 heavy (non-hydrogen) atoms. The third-order valence-corrected chi connectivity index (χ3v) is 4.26. The van der Waals surface area contributed by atoms with Crippen molar-refractivity contribution < 1.29 is 4.79 Å². The van der Waals surface area contributed by atoms with E-state index < -0.39 is 0 Å². The van der Waals surface area contributed by atoms with E-state index in [1.54, 1.807) is 0 Å². The van der Waals surface area contributed by atoms with Crippen molar-refractivity contribution in [3.63, 3.8) is 0 Å². The second kappa shape index (κ2) is 10.2. The van der Waals surface area contributed by atoms with E-state index in [1.165, 1.54) is 25.9 Å². The highest BCUT2D eigenvalue weighted by Gasteiger charge is 2.20. The van der Waals surface area contributed by atoms with Crippen LogP contribution in [-0.2, 0) is 4.79 Å². The van der Waals surface area contributed by atoms with Gasteiger partial charge in [0.2, 0.25) is 5.91 Å². The number of unbranched alkanes of at least 4 members (excludes halogenated alkanes) is 3. The smallest absolute Gasteiger partial charge is 0.220 e. The number of hydrogen-bond donors (Lipinski definition) is 2. The molecule has 4 heteroatoms. The molecule has 0 aliphatic carbocycles. The van der Waals surface area contributed by atoms with Crippen molar-refractivity contribution in [3.8, 4) is 0 Å². The van der Waals surface area contributed by atoms with E-state index in [4.69, 9.17) is 5.73 Å². The average Bonchev–Trinajstić information content (AvgIpc) is 2.44. The Bertz CT molecular complexity index is 270. The lowest BCUT2D eigenvalue weighted by Crippen LogP contribution is -2.46. The summed E-state index contributed by atoms with van der Waals surface area (Å²) in [5.41, 5.74) is 5.45. The summed E-state index contributed by atoms with van der Waals surface area (Å²) >= 11 is 0. The second-order valence-corrected chi connectivity index (χ2v) is 6.35. The third-order valence-electron chi connectivity index (χ3n) is 4.26. The van der Waals surface area contributed by atoms with E-state index in [-0.39, 0.29) is 5.91 Å². The van der Waals surface area contributed by atoms with Gasteiger partial charge in [-0.1, -0.05) is 19.8 Å². The number of piperidine rings is 1. The number of amides is 1. The monoisotopic (exact) mass is 283 g/mol. The zero-order chi connectivity index (χ0) is 14.8. The molecule has 1 aliphatic rings. The van der Waals surface area contributed by atoms with Crippen LogP contribution in [0.5, 0.6) is 0 Å². The summed E-state index contributed by atoms with van der Waals surface area (Å²) in [5, 5.41) is 3.08. The Hall–Kier alpha value is -0.610. The van der Waals surface area contributed by atoms with Crippen LogP contribution in [0.1, 0.15) is 58.8 Å². The normalized spacial score (nSPS) is 21.6.